The quantitative estimate of drug-likeness (QED) is 0.790. The lowest BCUT2D eigenvalue weighted by atomic mass is 9.98. The number of hydrogen-bond donors (Lipinski definition) is 1. The van der Waals surface area contributed by atoms with E-state index in [0.29, 0.717) is 0 Å². The third kappa shape index (κ3) is 3.15. The van der Waals surface area contributed by atoms with Gasteiger partial charge in [0.15, 0.2) is 0 Å². The van der Waals surface area contributed by atoms with E-state index in [1.165, 1.54) is 16.7 Å². The van der Waals surface area contributed by atoms with Crippen molar-refractivity contribution in [3.63, 3.8) is 0 Å². The minimum Gasteiger partial charge on any atom is -0.352 e. The van der Waals surface area contributed by atoms with E-state index in [1.807, 2.05) is 24.4 Å². The standard InChI is InChI=1S/C22H23N3/c1-16-13-20(21(23)18-8-3-2-4-9-18)14-24-22(16)25-12-11-17-7-5-6-10-19(17)15-25/h2-10,13-14,21H,11-12,15,23H2,1H3/t21-/m1/s1. The second-order valence-corrected chi connectivity index (χ2v) is 6.74. The zero-order valence-corrected chi connectivity index (χ0v) is 14.5. The summed E-state index contributed by atoms with van der Waals surface area (Å²) in [7, 11) is 0. The Labute approximate surface area is 149 Å². The van der Waals surface area contributed by atoms with Crippen LogP contribution in [0, 0.1) is 6.92 Å². The van der Waals surface area contributed by atoms with E-state index < -0.39 is 0 Å². The Morgan fingerprint density at radius 3 is 2.44 bits per heavy atom. The fourth-order valence-corrected chi connectivity index (χ4v) is 3.62. The van der Waals surface area contributed by atoms with Gasteiger partial charge in [-0.05, 0) is 47.2 Å². The summed E-state index contributed by atoms with van der Waals surface area (Å²) in [5.74, 6) is 1.07. The van der Waals surface area contributed by atoms with Gasteiger partial charge in [-0.1, -0.05) is 54.6 Å². The number of aryl methyl sites for hydroxylation is 1. The van der Waals surface area contributed by atoms with Gasteiger partial charge in [0.25, 0.3) is 0 Å². The predicted molar refractivity (Wildman–Crippen MR) is 103 cm³/mol. The minimum atomic E-state index is -0.136. The Balaban J connectivity index is 1.59. The van der Waals surface area contributed by atoms with Crippen LogP contribution in [0.2, 0.25) is 0 Å². The summed E-state index contributed by atoms with van der Waals surface area (Å²) < 4.78 is 0. The second-order valence-electron chi connectivity index (χ2n) is 6.74. The molecule has 0 saturated heterocycles. The molecule has 4 rings (SSSR count). The molecule has 2 aromatic carbocycles. The van der Waals surface area contributed by atoms with Crippen molar-refractivity contribution >= 4 is 5.82 Å². The number of benzene rings is 2. The average Bonchev–Trinajstić information content (AvgIpc) is 2.67. The first-order valence-electron chi connectivity index (χ1n) is 8.81. The molecule has 0 fully saturated rings. The highest BCUT2D eigenvalue weighted by Crippen LogP contribution is 2.28. The molecular formula is C22H23N3. The molecule has 3 aromatic rings. The van der Waals surface area contributed by atoms with E-state index in [2.05, 4.69) is 54.3 Å². The lowest BCUT2D eigenvalue weighted by molar-refractivity contribution is 0.716. The molecule has 0 amide bonds. The maximum atomic E-state index is 6.42. The lowest BCUT2D eigenvalue weighted by Crippen LogP contribution is -2.31. The number of rotatable bonds is 3. The number of aromatic nitrogens is 1. The van der Waals surface area contributed by atoms with Gasteiger partial charge in [-0.3, -0.25) is 0 Å². The van der Waals surface area contributed by atoms with Crippen molar-refractivity contribution in [2.24, 2.45) is 5.73 Å². The molecule has 0 aliphatic carbocycles. The molecule has 1 aromatic heterocycles. The molecule has 3 heteroatoms. The van der Waals surface area contributed by atoms with Gasteiger partial charge in [-0.2, -0.15) is 0 Å². The van der Waals surface area contributed by atoms with Crippen LogP contribution in [0.15, 0.2) is 66.9 Å². The summed E-state index contributed by atoms with van der Waals surface area (Å²) in [6, 6.07) is 20.9. The van der Waals surface area contributed by atoms with Gasteiger partial charge < -0.3 is 10.6 Å². The molecule has 126 valence electrons. The largest absolute Gasteiger partial charge is 0.352 e. The van der Waals surface area contributed by atoms with Gasteiger partial charge in [0.1, 0.15) is 5.82 Å². The van der Waals surface area contributed by atoms with Gasteiger partial charge in [0.05, 0.1) is 6.04 Å². The van der Waals surface area contributed by atoms with Crippen LogP contribution in [0.25, 0.3) is 0 Å². The smallest absolute Gasteiger partial charge is 0.131 e. The number of fused-ring (bicyclic) bond motifs is 1. The van der Waals surface area contributed by atoms with Gasteiger partial charge in [-0.25, -0.2) is 4.98 Å². The van der Waals surface area contributed by atoms with E-state index in [4.69, 9.17) is 10.7 Å². The summed E-state index contributed by atoms with van der Waals surface area (Å²) in [6.45, 7) is 4.06. The SMILES string of the molecule is Cc1cc([C@H](N)c2ccccc2)cnc1N1CCc2ccccc2C1. The van der Waals surface area contributed by atoms with E-state index in [9.17, 15) is 0 Å². The molecule has 25 heavy (non-hydrogen) atoms. The molecule has 1 aliphatic rings. The van der Waals surface area contributed by atoms with Crippen molar-refractivity contribution in [3.05, 3.63) is 94.7 Å². The molecule has 0 unspecified atom stereocenters. The average molecular weight is 329 g/mol. The van der Waals surface area contributed by atoms with Crippen molar-refractivity contribution < 1.29 is 0 Å². The number of hydrogen-bond acceptors (Lipinski definition) is 3. The van der Waals surface area contributed by atoms with E-state index in [0.717, 1.165) is 36.5 Å². The van der Waals surface area contributed by atoms with Gasteiger partial charge in [0.2, 0.25) is 0 Å². The lowest BCUT2D eigenvalue weighted by Gasteiger charge is -2.31. The third-order valence-corrected chi connectivity index (χ3v) is 5.02. The van der Waals surface area contributed by atoms with Crippen molar-refractivity contribution in [2.45, 2.75) is 25.9 Å². The summed E-state index contributed by atoms with van der Waals surface area (Å²) in [5, 5.41) is 0. The minimum absolute atomic E-state index is 0.136. The van der Waals surface area contributed by atoms with Crippen LogP contribution in [0.4, 0.5) is 5.82 Å². The topological polar surface area (TPSA) is 42.1 Å². The molecule has 0 spiro atoms. The summed E-state index contributed by atoms with van der Waals surface area (Å²) in [6.07, 6.45) is 3.00. The first kappa shape index (κ1) is 15.9. The van der Waals surface area contributed by atoms with Crippen LogP contribution in [-0.2, 0) is 13.0 Å². The maximum Gasteiger partial charge on any atom is 0.131 e. The van der Waals surface area contributed by atoms with Crippen LogP contribution >= 0.6 is 0 Å². The predicted octanol–water partition coefficient (Wildman–Crippen LogP) is 4.00. The van der Waals surface area contributed by atoms with Crippen LogP contribution < -0.4 is 10.6 Å². The Hall–Kier alpha value is -2.65. The Kier molecular flexibility index (Phi) is 4.24. The highest BCUT2D eigenvalue weighted by molar-refractivity contribution is 5.51. The zero-order chi connectivity index (χ0) is 17.2. The highest BCUT2D eigenvalue weighted by atomic mass is 15.2. The van der Waals surface area contributed by atoms with Crippen molar-refractivity contribution in [3.8, 4) is 0 Å². The van der Waals surface area contributed by atoms with E-state index >= 15 is 0 Å². The van der Waals surface area contributed by atoms with Crippen LogP contribution in [0.3, 0.4) is 0 Å². The van der Waals surface area contributed by atoms with Crippen molar-refractivity contribution in [2.75, 3.05) is 11.4 Å². The Morgan fingerprint density at radius 1 is 0.960 bits per heavy atom. The molecule has 2 N–H and O–H groups in total. The maximum absolute atomic E-state index is 6.42. The molecule has 1 aliphatic heterocycles. The summed E-state index contributed by atoms with van der Waals surface area (Å²) >= 11 is 0. The summed E-state index contributed by atoms with van der Waals surface area (Å²) in [4.78, 5) is 7.14. The first-order valence-corrected chi connectivity index (χ1v) is 8.81. The fourth-order valence-electron chi connectivity index (χ4n) is 3.62. The van der Waals surface area contributed by atoms with Crippen LogP contribution in [0.1, 0.15) is 33.9 Å². The monoisotopic (exact) mass is 329 g/mol. The Bertz CT molecular complexity index is 873. The molecule has 0 bridgehead atoms. The summed E-state index contributed by atoms with van der Waals surface area (Å²) in [5.41, 5.74) is 12.6. The van der Waals surface area contributed by atoms with Crippen LogP contribution in [0.5, 0.6) is 0 Å². The zero-order valence-electron chi connectivity index (χ0n) is 14.5. The number of nitrogens with zero attached hydrogens (tertiary/aromatic N) is 2. The molecule has 3 nitrogen and oxygen atoms in total. The highest BCUT2D eigenvalue weighted by Gasteiger charge is 2.19. The number of anilines is 1. The third-order valence-electron chi connectivity index (χ3n) is 5.02. The van der Waals surface area contributed by atoms with Gasteiger partial charge in [-0.15, -0.1) is 0 Å². The van der Waals surface area contributed by atoms with Gasteiger partial charge >= 0.3 is 0 Å². The molecule has 2 heterocycles. The van der Waals surface area contributed by atoms with E-state index in [-0.39, 0.29) is 6.04 Å². The van der Waals surface area contributed by atoms with E-state index in [1.54, 1.807) is 0 Å². The van der Waals surface area contributed by atoms with Crippen molar-refractivity contribution in [1.82, 2.24) is 4.98 Å². The fraction of sp³-hybridized carbons (Fsp3) is 0.227. The molecule has 1 atom stereocenters. The first-order chi connectivity index (χ1) is 12.2. The molecule has 0 radical (unpaired) electrons. The van der Waals surface area contributed by atoms with Crippen LogP contribution in [-0.4, -0.2) is 11.5 Å². The Morgan fingerprint density at radius 2 is 1.68 bits per heavy atom. The molecule has 0 saturated carbocycles. The van der Waals surface area contributed by atoms with Crippen molar-refractivity contribution in [1.29, 1.82) is 0 Å². The van der Waals surface area contributed by atoms with Gasteiger partial charge in [0, 0.05) is 19.3 Å². The normalized spacial score (nSPS) is 14.9. The number of pyridine rings is 1. The molecular weight excluding hydrogens is 306 g/mol. The number of nitrogens with two attached hydrogens (primary N) is 1. The second kappa shape index (κ2) is 6.69.